The molecule has 112 valence electrons. The summed E-state index contributed by atoms with van der Waals surface area (Å²) in [6.45, 7) is 7.04. The highest BCUT2D eigenvalue weighted by Crippen LogP contribution is 2.18. The van der Waals surface area contributed by atoms with Gasteiger partial charge in [-0.3, -0.25) is 0 Å². The Morgan fingerprint density at radius 3 is 2.50 bits per heavy atom. The zero-order chi connectivity index (χ0) is 14.4. The smallest absolute Gasteiger partial charge is 0.0368 e. The number of anilines is 2. The van der Waals surface area contributed by atoms with Gasteiger partial charge in [-0.15, -0.1) is 0 Å². The molecule has 1 aromatic rings. The lowest BCUT2D eigenvalue weighted by Crippen LogP contribution is -2.32. The average molecular weight is 276 g/mol. The average Bonchev–Trinajstić information content (AvgIpc) is 2.65. The van der Waals surface area contributed by atoms with Crippen molar-refractivity contribution in [2.24, 2.45) is 0 Å². The third kappa shape index (κ3) is 4.69. The quantitative estimate of drug-likeness (QED) is 0.831. The van der Waals surface area contributed by atoms with E-state index in [4.69, 9.17) is 5.73 Å². The van der Waals surface area contributed by atoms with Crippen LogP contribution in [0.3, 0.4) is 0 Å². The Kier molecular flexibility index (Phi) is 5.68. The molecule has 0 aromatic heterocycles. The summed E-state index contributed by atoms with van der Waals surface area (Å²) in [5, 5.41) is 0. The van der Waals surface area contributed by atoms with Crippen LogP contribution in [0, 0.1) is 0 Å². The van der Waals surface area contributed by atoms with Crippen molar-refractivity contribution in [3.8, 4) is 0 Å². The maximum absolute atomic E-state index is 5.76. The van der Waals surface area contributed by atoms with Crippen LogP contribution >= 0.6 is 0 Å². The Balaban J connectivity index is 1.81. The van der Waals surface area contributed by atoms with Gasteiger partial charge in [0.2, 0.25) is 0 Å². The van der Waals surface area contributed by atoms with Gasteiger partial charge in [-0.05, 0) is 70.8 Å². The summed E-state index contributed by atoms with van der Waals surface area (Å²) in [6.07, 6.45) is 2.50. The topological polar surface area (TPSA) is 35.7 Å². The standard InChI is InChI=1S/C16H28N4/c1-18(2)9-3-10-19-11-4-12-20(14-13-19)16-7-5-15(17)6-8-16/h5-8H,3-4,9-14,17H2,1-2H3. The van der Waals surface area contributed by atoms with Crippen LogP contribution in [0.1, 0.15) is 12.8 Å². The van der Waals surface area contributed by atoms with Crippen molar-refractivity contribution < 1.29 is 0 Å². The van der Waals surface area contributed by atoms with Gasteiger partial charge in [0, 0.05) is 31.0 Å². The summed E-state index contributed by atoms with van der Waals surface area (Å²) < 4.78 is 0. The number of hydrogen-bond acceptors (Lipinski definition) is 4. The van der Waals surface area contributed by atoms with E-state index in [-0.39, 0.29) is 0 Å². The molecule has 1 aliphatic rings. The lowest BCUT2D eigenvalue weighted by molar-refractivity contribution is 0.270. The summed E-state index contributed by atoms with van der Waals surface area (Å²) in [5.41, 5.74) is 7.90. The van der Waals surface area contributed by atoms with Crippen molar-refractivity contribution in [2.45, 2.75) is 12.8 Å². The molecule has 0 atom stereocenters. The maximum atomic E-state index is 5.76. The van der Waals surface area contributed by atoms with Gasteiger partial charge in [0.1, 0.15) is 0 Å². The summed E-state index contributed by atoms with van der Waals surface area (Å²) in [6, 6.07) is 8.26. The molecule has 0 aliphatic carbocycles. The number of nitrogen functional groups attached to an aromatic ring is 1. The van der Waals surface area contributed by atoms with Crippen molar-refractivity contribution >= 4 is 11.4 Å². The molecule has 0 amide bonds. The molecule has 1 fully saturated rings. The predicted octanol–water partition coefficient (Wildman–Crippen LogP) is 1.73. The second-order valence-corrected chi connectivity index (χ2v) is 5.93. The van der Waals surface area contributed by atoms with Crippen LogP contribution < -0.4 is 10.6 Å². The van der Waals surface area contributed by atoms with Crippen LogP contribution in [0.2, 0.25) is 0 Å². The highest BCUT2D eigenvalue weighted by atomic mass is 15.2. The van der Waals surface area contributed by atoms with E-state index in [9.17, 15) is 0 Å². The van der Waals surface area contributed by atoms with Gasteiger partial charge >= 0.3 is 0 Å². The van der Waals surface area contributed by atoms with E-state index in [1.54, 1.807) is 0 Å². The predicted molar refractivity (Wildman–Crippen MR) is 87.3 cm³/mol. The first-order valence-corrected chi connectivity index (χ1v) is 7.63. The number of hydrogen-bond donors (Lipinski definition) is 1. The molecule has 1 saturated heterocycles. The Bertz CT molecular complexity index is 388. The third-order valence-electron chi connectivity index (χ3n) is 3.93. The van der Waals surface area contributed by atoms with Gasteiger partial charge in [0.15, 0.2) is 0 Å². The largest absolute Gasteiger partial charge is 0.399 e. The summed E-state index contributed by atoms with van der Waals surface area (Å²) in [4.78, 5) is 7.34. The number of rotatable bonds is 5. The van der Waals surface area contributed by atoms with Crippen molar-refractivity contribution in [1.29, 1.82) is 0 Å². The lowest BCUT2D eigenvalue weighted by Gasteiger charge is -2.24. The van der Waals surface area contributed by atoms with E-state index in [1.807, 2.05) is 12.1 Å². The van der Waals surface area contributed by atoms with Crippen molar-refractivity contribution in [1.82, 2.24) is 9.80 Å². The zero-order valence-corrected chi connectivity index (χ0v) is 12.9. The molecular formula is C16H28N4. The lowest BCUT2D eigenvalue weighted by atomic mass is 10.2. The minimum absolute atomic E-state index is 0.842. The normalized spacial score (nSPS) is 17.4. The summed E-state index contributed by atoms with van der Waals surface area (Å²) >= 11 is 0. The van der Waals surface area contributed by atoms with E-state index >= 15 is 0 Å². The Labute approximate surface area is 123 Å². The van der Waals surface area contributed by atoms with Crippen LogP contribution in [0.5, 0.6) is 0 Å². The van der Waals surface area contributed by atoms with E-state index in [1.165, 1.54) is 38.2 Å². The molecule has 1 aliphatic heterocycles. The summed E-state index contributed by atoms with van der Waals surface area (Å²) in [5.74, 6) is 0. The molecular weight excluding hydrogens is 248 g/mol. The van der Waals surface area contributed by atoms with Crippen LogP contribution in [-0.2, 0) is 0 Å². The van der Waals surface area contributed by atoms with E-state index < -0.39 is 0 Å². The minimum Gasteiger partial charge on any atom is -0.399 e. The van der Waals surface area contributed by atoms with E-state index in [2.05, 4.69) is 40.9 Å². The number of nitrogens with two attached hydrogens (primary N) is 1. The van der Waals surface area contributed by atoms with Gasteiger partial charge in [0.25, 0.3) is 0 Å². The number of nitrogens with zero attached hydrogens (tertiary/aromatic N) is 3. The second-order valence-electron chi connectivity index (χ2n) is 5.93. The fourth-order valence-corrected chi connectivity index (χ4v) is 2.75. The van der Waals surface area contributed by atoms with Crippen molar-refractivity contribution in [2.75, 3.05) is 64.0 Å². The molecule has 20 heavy (non-hydrogen) atoms. The molecule has 0 radical (unpaired) electrons. The van der Waals surface area contributed by atoms with E-state index in [0.29, 0.717) is 0 Å². The van der Waals surface area contributed by atoms with Crippen molar-refractivity contribution in [3.05, 3.63) is 24.3 Å². The summed E-state index contributed by atoms with van der Waals surface area (Å²) in [7, 11) is 4.29. The molecule has 0 saturated carbocycles. The maximum Gasteiger partial charge on any atom is 0.0368 e. The first-order valence-electron chi connectivity index (χ1n) is 7.63. The van der Waals surface area contributed by atoms with Crippen molar-refractivity contribution in [3.63, 3.8) is 0 Å². The van der Waals surface area contributed by atoms with Gasteiger partial charge in [-0.1, -0.05) is 0 Å². The van der Waals surface area contributed by atoms with Crippen LogP contribution in [-0.4, -0.2) is 63.2 Å². The van der Waals surface area contributed by atoms with E-state index in [0.717, 1.165) is 25.3 Å². The van der Waals surface area contributed by atoms with Gasteiger partial charge in [-0.25, -0.2) is 0 Å². The van der Waals surface area contributed by atoms with Crippen LogP contribution in [0.4, 0.5) is 11.4 Å². The zero-order valence-electron chi connectivity index (χ0n) is 12.9. The fraction of sp³-hybridized carbons (Fsp3) is 0.625. The first-order chi connectivity index (χ1) is 9.65. The van der Waals surface area contributed by atoms with Gasteiger partial charge in [0.05, 0.1) is 0 Å². The third-order valence-corrected chi connectivity index (χ3v) is 3.93. The molecule has 0 spiro atoms. The highest BCUT2D eigenvalue weighted by Gasteiger charge is 2.14. The minimum atomic E-state index is 0.842. The monoisotopic (exact) mass is 276 g/mol. The molecule has 2 N–H and O–H groups in total. The fourth-order valence-electron chi connectivity index (χ4n) is 2.75. The Hall–Kier alpha value is -1.26. The van der Waals surface area contributed by atoms with Crippen LogP contribution in [0.25, 0.3) is 0 Å². The molecule has 0 unspecified atom stereocenters. The van der Waals surface area contributed by atoms with Gasteiger partial charge in [-0.2, -0.15) is 0 Å². The molecule has 1 aromatic carbocycles. The molecule has 4 nitrogen and oxygen atoms in total. The highest BCUT2D eigenvalue weighted by molar-refractivity contribution is 5.53. The van der Waals surface area contributed by atoms with Crippen LogP contribution in [0.15, 0.2) is 24.3 Å². The SMILES string of the molecule is CN(C)CCCN1CCCN(c2ccc(N)cc2)CC1. The second kappa shape index (κ2) is 7.50. The number of benzene rings is 1. The Morgan fingerprint density at radius 1 is 1.05 bits per heavy atom. The molecule has 0 bridgehead atoms. The molecule has 2 rings (SSSR count). The first kappa shape index (κ1) is 15.1. The molecule has 4 heteroatoms. The molecule has 1 heterocycles. The van der Waals surface area contributed by atoms with Gasteiger partial charge < -0.3 is 20.4 Å². The Morgan fingerprint density at radius 2 is 1.80 bits per heavy atom.